The maximum Gasteiger partial charge on any atom is 0.363 e. The van der Waals surface area contributed by atoms with Crippen molar-refractivity contribution in [1.29, 1.82) is 0 Å². The third-order valence-corrected chi connectivity index (χ3v) is 3.65. The number of carbonyl (C=O) groups excluding carboxylic acids is 3. The fourth-order valence-corrected chi connectivity index (χ4v) is 2.47. The van der Waals surface area contributed by atoms with Crippen molar-refractivity contribution in [3.05, 3.63) is 71.6 Å². The highest BCUT2D eigenvalue weighted by Crippen LogP contribution is 2.24. The summed E-state index contributed by atoms with van der Waals surface area (Å²) in [6, 6.07) is 12.5. The van der Waals surface area contributed by atoms with Crippen LogP contribution in [0.2, 0.25) is 0 Å². The number of carbonyl (C=O) groups is 3. The lowest BCUT2D eigenvalue weighted by molar-refractivity contribution is -0.0584. The molecule has 0 atom stereocenters. The van der Waals surface area contributed by atoms with Crippen molar-refractivity contribution in [3.8, 4) is 11.4 Å². The quantitative estimate of drug-likeness (QED) is 0.675. The van der Waals surface area contributed by atoms with Gasteiger partial charge in [-0.25, -0.2) is 4.79 Å². The predicted octanol–water partition coefficient (Wildman–Crippen LogP) is 2.10. The molecule has 1 aromatic heterocycles. The third kappa shape index (κ3) is 2.45. The molecule has 1 aliphatic heterocycles. The number of benzene rings is 2. The van der Waals surface area contributed by atoms with Crippen LogP contribution in [0.5, 0.6) is 0 Å². The SMILES string of the molecule is O=C(ON1C(=O)c2ccccc2C1=O)c1cccc(-c2ncon2)c1. The van der Waals surface area contributed by atoms with Gasteiger partial charge in [0, 0.05) is 5.56 Å². The van der Waals surface area contributed by atoms with E-state index in [1.165, 1.54) is 30.7 Å². The number of aromatic nitrogens is 2. The molecule has 0 bridgehead atoms. The van der Waals surface area contributed by atoms with Crippen LogP contribution in [0.4, 0.5) is 0 Å². The van der Waals surface area contributed by atoms with E-state index >= 15 is 0 Å². The summed E-state index contributed by atoms with van der Waals surface area (Å²) in [5.41, 5.74) is 1.06. The minimum atomic E-state index is -0.847. The van der Waals surface area contributed by atoms with Crippen molar-refractivity contribution in [2.45, 2.75) is 0 Å². The Morgan fingerprint density at radius 2 is 1.72 bits per heavy atom. The second-order valence-electron chi connectivity index (χ2n) is 5.16. The van der Waals surface area contributed by atoms with Crippen LogP contribution in [0.3, 0.4) is 0 Å². The van der Waals surface area contributed by atoms with Crippen LogP contribution in [0.25, 0.3) is 11.4 Å². The first-order chi connectivity index (χ1) is 12.1. The summed E-state index contributed by atoms with van der Waals surface area (Å²) in [5.74, 6) is -1.90. The molecule has 0 fully saturated rings. The van der Waals surface area contributed by atoms with Crippen molar-refractivity contribution in [2.75, 3.05) is 0 Å². The summed E-state index contributed by atoms with van der Waals surface area (Å²) in [5, 5.41) is 4.15. The Hall–Kier alpha value is -3.81. The number of hydrogen-bond acceptors (Lipinski definition) is 7. The molecule has 3 aromatic rings. The van der Waals surface area contributed by atoms with Gasteiger partial charge in [0.25, 0.3) is 11.8 Å². The molecule has 8 nitrogen and oxygen atoms in total. The maximum atomic E-state index is 12.3. The number of hydroxylamine groups is 2. The Kier molecular flexibility index (Phi) is 3.35. The zero-order valence-corrected chi connectivity index (χ0v) is 12.6. The average Bonchev–Trinajstić information content (AvgIpc) is 3.26. The summed E-state index contributed by atoms with van der Waals surface area (Å²) in [6.45, 7) is 0. The van der Waals surface area contributed by atoms with Crippen LogP contribution >= 0.6 is 0 Å². The Balaban J connectivity index is 1.58. The molecular formula is C17H9N3O5. The first-order valence-corrected chi connectivity index (χ1v) is 7.22. The number of nitrogens with zero attached hydrogens (tertiary/aromatic N) is 3. The second kappa shape index (κ2) is 5.68. The van der Waals surface area contributed by atoms with E-state index in [-0.39, 0.29) is 16.7 Å². The molecule has 4 rings (SSSR count). The van der Waals surface area contributed by atoms with Gasteiger partial charge in [0.15, 0.2) is 0 Å². The standard InChI is InChI=1S/C17H9N3O5/c21-15-12-6-1-2-7-13(12)16(22)20(15)25-17(23)11-5-3-4-10(8-11)14-18-9-24-19-14/h1-9H. The van der Waals surface area contributed by atoms with Crippen LogP contribution in [0.1, 0.15) is 31.1 Å². The smallest absolute Gasteiger partial charge is 0.342 e. The van der Waals surface area contributed by atoms with Crippen LogP contribution in [0, 0.1) is 0 Å². The van der Waals surface area contributed by atoms with E-state index in [9.17, 15) is 14.4 Å². The van der Waals surface area contributed by atoms with Gasteiger partial charge in [-0.05, 0) is 24.3 Å². The molecule has 2 aromatic carbocycles. The largest absolute Gasteiger partial charge is 0.363 e. The lowest BCUT2D eigenvalue weighted by atomic mass is 10.1. The Labute approximate surface area is 140 Å². The monoisotopic (exact) mass is 335 g/mol. The Morgan fingerprint density at radius 3 is 2.36 bits per heavy atom. The zero-order chi connectivity index (χ0) is 17.4. The van der Waals surface area contributed by atoms with E-state index in [0.717, 1.165) is 0 Å². The average molecular weight is 335 g/mol. The zero-order valence-electron chi connectivity index (χ0n) is 12.6. The van der Waals surface area contributed by atoms with Gasteiger partial charge in [-0.3, -0.25) is 9.59 Å². The summed E-state index contributed by atoms with van der Waals surface area (Å²) in [6.07, 6.45) is 1.17. The van der Waals surface area contributed by atoms with Crippen molar-refractivity contribution in [2.24, 2.45) is 0 Å². The molecule has 0 saturated carbocycles. The van der Waals surface area contributed by atoms with Crippen LogP contribution in [-0.2, 0) is 4.84 Å². The number of fused-ring (bicyclic) bond motifs is 1. The molecule has 0 spiro atoms. The highest BCUT2D eigenvalue weighted by molar-refractivity contribution is 6.21. The molecule has 2 heterocycles. The van der Waals surface area contributed by atoms with Crippen LogP contribution in [-0.4, -0.2) is 33.0 Å². The van der Waals surface area contributed by atoms with E-state index < -0.39 is 17.8 Å². The highest BCUT2D eigenvalue weighted by Gasteiger charge is 2.38. The summed E-state index contributed by atoms with van der Waals surface area (Å²) < 4.78 is 4.67. The van der Waals surface area contributed by atoms with E-state index in [1.807, 2.05) is 0 Å². The molecule has 0 aliphatic carbocycles. The molecule has 0 N–H and O–H groups in total. The fourth-order valence-electron chi connectivity index (χ4n) is 2.47. The van der Waals surface area contributed by atoms with Crippen LogP contribution < -0.4 is 0 Å². The van der Waals surface area contributed by atoms with Gasteiger partial charge in [-0.15, -0.1) is 0 Å². The molecule has 2 amide bonds. The molecule has 0 saturated heterocycles. The molecular weight excluding hydrogens is 326 g/mol. The van der Waals surface area contributed by atoms with E-state index in [4.69, 9.17) is 4.84 Å². The topological polar surface area (TPSA) is 103 Å². The molecule has 1 aliphatic rings. The second-order valence-corrected chi connectivity index (χ2v) is 5.16. The van der Waals surface area contributed by atoms with Gasteiger partial charge >= 0.3 is 5.97 Å². The van der Waals surface area contributed by atoms with Gasteiger partial charge in [0.2, 0.25) is 12.2 Å². The lowest BCUT2D eigenvalue weighted by Gasteiger charge is -2.12. The number of rotatable bonds is 3. The lowest BCUT2D eigenvalue weighted by Crippen LogP contribution is -2.32. The van der Waals surface area contributed by atoms with E-state index in [0.29, 0.717) is 16.5 Å². The summed E-state index contributed by atoms with van der Waals surface area (Å²) in [4.78, 5) is 45.7. The van der Waals surface area contributed by atoms with Crippen LogP contribution in [0.15, 0.2) is 59.4 Å². The van der Waals surface area contributed by atoms with Gasteiger partial charge in [-0.1, -0.05) is 34.5 Å². The van der Waals surface area contributed by atoms with Gasteiger partial charge in [0.05, 0.1) is 16.7 Å². The summed E-state index contributed by atoms with van der Waals surface area (Å²) >= 11 is 0. The number of hydrogen-bond donors (Lipinski definition) is 0. The predicted molar refractivity (Wildman–Crippen MR) is 82.1 cm³/mol. The Bertz CT molecular complexity index is 962. The molecule has 0 unspecified atom stereocenters. The van der Waals surface area contributed by atoms with Gasteiger partial charge in [0.1, 0.15) is 0 Å². The first kappa shape index (κ1) is 14.8. The Morgan fingerprint density at radius 1 is 1.00 bits per heavy atom. The molecule has 122 valence electrons. The minimum Gasteiger partial charge on any atom is -0.342 e. The molecule has 25 heavy (non-hydrogen) atoms. The van der Waals surface area contributed by atoms with Crippen molar-refractivity contribution < 1.29 is 23.7 Å². The van der Waals surface area contributed by atoms with Gasteiger partial charge < -0.3 is 9.36 Å². The first-order valence-electron chi connectivity index (χ1n) is 7.22. The van der Waals surface area contributed by atoms with E-state index in [1.54, 1.807) is 24.3 Å². The molecule has 0 radical (unpaired) electrons. The van der Waals surface area contributed by atoms with E-state index in [2.05, 4.69) is 14.7 Å². The normalized spacial score (nSPS) is 13.0. The third-order valence-electron chi connectivity index (χ3n) is 3.65. The van der Waals surface area contributed by atoms with Crippen molar-refractivity contribution >= 4 is 17.8 Å². The number of imide groups is 1. The molecule has 8 heteroatoms. The van der Waals surface area contributed by atoms with Crippen molar-refractivity contribution in [1.82, 2.24) is 15.2 Å². The minimum absolute atomic E-state index is 0.138. The van der Waals surface area contributed by atoms with Gasteiger partial charge in [-0.2, -0.15) is 4.98 Å². The fraction of sp³-hybridized carbons (Fsp3) is 0. The number of amides is 2. The summed E-state index contributed by atoms with van der Waals surface area (Å²) in [7, 11) is 0. The highest BCUT2D eigenvalue weighted by atomic mass is 16.7. The maximum absolute atomic E-state index is 12.3. The van der Waals surface area contributed by atoms with Crippen molar-refractivity contribution in [3.63, 3.8) is 0 Å².